The monoisotopic (exact) mass is 200 g/mol. The molecule has 0 bridgehead atoms. The molecule has 1 rings (SSSR count). The summed E-state index contributed by atoms with van der Waals surface area (Å²) in [6.45, 7) is 0. The van der Waals surface area contributed by atoms with Gasteiger partial charge in [-0.25, -0.2) is 4.39 Å². The zero-order chi connectivity index (χ0) is 10.1. The fourth-order valence-corrected chi connectivity index (χ4v) is 1.73. The molecule has 0 saturated carbocycles. The number of allylic oxidation sites excluding steroid dienone is 1. The van der Waals surface area contributed by atoms with Gasteiger partial charge in [0.15, 0.2) is 0 Å². The van der Waals surface area contributed by atoms with Crippen molar-refractivity contribution in [1.82, 2.24) is 0 Å². The van der Waals surface area contributed by atoms with Crippen LogP contribution in [0.3, 0.4) is 0 Å². The van der Waals surface area contributed by atoms with E-state index in [-0.39, 0.29) is 0 Å². The summed E-state index contributed by atoms with van der Waals surface area (Å²) in [5.74, 6) is 0. The molecule has 0 fully saturated rings. The van der Waals surface area contributed by atoms with Crippen LogP contribution in [0, 0.1) is 0 Å². The normalized spacial score (nSPS) is 29.1. The first-order valence-electron chi connectivity index (χ1n) is 5.84. The van der Waals surface area contributed by atoms with Crippen LogP contribution in [0.1, 0.15) is 57.8 Å². The molecule has 0 aromatic heterocycles. The maximum Gasteiger partial charge on any atom is 0.237 e. The second-order valence-electron chi connectivity index (χ2n) is 3.97. The number of ether oxygens (including phenoxy) is 1. The number of hydrogen-bond acceptors (Lipinski definition) is 1. The van der Waals surface area contributed by atoms with Gasteiger partial charge in [-0.05, 0) is 25.3 Å². The summed E-state index contributed by atoms with van der Waals surface area (Å²) in [6.07, 6.45) is 12.4. The topological polar surface area (TPSA) is 9.23 Å². The molecule has 1 heterocycles. The van der Waals surface area contributed by atoms with Gasteiger partial charge in [0, 0.05) is 6.42 Å². The lowest BCUT2D eigenvalue weighted by Crippen LogP contribution is -2.01. The van der Waals surface area contributed by atoms with Gasteiger partial charge >= 0.3 is 0 Å². The number of rotatable bonds is 0. The van der Waals surface area contributed by atoms with E-state index in [0.29, 0.717) is 6.42 Å². The van der Waals surface area contributed by atoms with E-state index < -0.39 is 6.36 Å². The van der Waals surface area contributed by atoms with Gasteiger partial charge in [-0.1, -0.05) is 32.1 Å². The van der Waals surface area contributed by atoms with Crippen LogP contribution in [0.2, 0.25) is 0 Å². The van der Waals surface area contributed by atoms with Crippen molar-refractivity contribution in [2.24, 2.45) is 0 Å². The summed E-state index contributed by atoms with van der Waals surface area (Å²) >= 11 is 0. The van der Waals surface area contributed by atoms with Gasteiger partial charge in [-0.3, -0.25) is 0 Å². The van der Waals surface area contributed by atoms with Crippen LogP contribution in [-0.4, -0.2) is 6.36 Å². The molecule has 0 aliphatic carbocycles. The first-order chi connectivity index (χ1) is 6.89. The van der Waals surface area contributed by atoms with E-state index in [9.17, 15) is 4.39 Å². The highest BCUT2D eigenvalue weighted by molar-refractivity contribution is 4.73. The second-order valence-corrected chi connectivity index (χ2v) is 3.97. The van der Waals surface area contributed by atoms with Crippen LogP contribution >= 0.6 is 0 Å². The van der Waals surface area contributed by atoms with Crippen molar-refractivity contribution in [3.63, 3.8) is 0 Å². The molecule has 1 nitrogen and oxygen atoms in total. The van der Waals surface area contributed by atoms with E-state index in [1.807, 2.05) is 6.08 Å². The maximum atomic E-state index is 13.0. The molecule has 0 radical (unpaired) electrons. The van der Waals surface area contributed by atoms with Crippen molar-refractivity contribution >= 4 is 0 Å². The van der Waals surface area contributed by atoms with Crippen molar-refractivity contribution in [1.29, 1.82) is 0 Å². The van der Waals surface area contributed by atoms with Crippen LogP contribution in [0.25, 0.3) is 0 Å². The lowest BCUT2D eigenvalue weighted by Gasteiger charge is -2.06. The molecule has 0 N–H and O–H groups in total. The quantitative estimate of drug-likeness (QED) is 0.565. The molecule has 1 unspecified atom stereocenters. The Morgan fingerprint density at radius 2 is 1.57 bits per heavy atom. The molecule has 1 aliphatic heterocycles. The van der Waals surface area contributed by atoms with E-state index in [1.54, 1.807) is 0 Å². The van der Waals surface area contributed by atoms with E-state index in [4.69, 9.17) is 4.74 Å². The zero-order valence-corrected chi connectivity index (χ0v) is 8.88. The van der Waals surface area contributed by atoms with E-state index >= 15 is 0 Å². The van der Waals surface area contributed by atoms with Crippen molar-refractivity contribution < 1.29 is 9.13 Å². The highest BCUT2D eigenvalue weighted by atomic mass is 19.1. The van der Waals surface area contributed by atoms with Crippen LogP contribution in [-0.2, 0) is 4.74 Å². The Kier molecular flexibility index (Phi) is 6.46. The Bertz CT molecular complexity index is 156. The third kappa shape index (κ3) is 6.01. The van der Waals surface area contributed by atoms with Crippen molar-refractivity contribution in [2.45, 2.75) is 64.1 Å². The lowest BCUT2D eigenvalue weighted by molar-refractivity contribution is 0.0156. The lowest BCUT2D eigenvalue weighted by atomic mass is 10.1. The van der Waals surface area contributed by atoms with E-state index in [1.165, 1.54) is 38.4 Å². The predicted octanol–water partition coefficient (Wildman–Crippen LogP) is 4.34. The Morgan fingerprint density at radius 1 is 0.929 bits per heavy atom. The van der Waals surface area contributed by atoms with Gasteiger partial charge in [0.25, 0.3) is 0 Å². The van der Waals surface area contributed by atoms with Crippen LogP contribution < -0.4 is 0 Å². The van der Waals surface area contributed by atoms with Gasteiger partial charge < -0.3 is 4.74 Å². The van der Waals surface area contributed by atoms with Gasteiger partial charge in [-0.15, -0.1) is 0 Å². The Morgan fingerprint density at radius 3 is 2.36 bits per heavy atom. The van der Waals surface area contributed by atoms with E-state index in [0.717, 1.165) is 19.3 Å². The standard InChI is InChI=1S/C12H21FO/c13-12-10-8-6-4-2-1-3-5-7-9-11-14-12/h9,11-12H,1-8,10H2/b11-9-. The summed E-state index contributed by atoms with van der Waals surface area (Å²) < 4.78 is 17.9. The Balaban J connectivity index is 2.20. The fourth-order valence-electron chi connectivity index (χ4n) is 1.73. The zero-order valence-electron chi connectivity index (χ0n) is 8.88. The Labute approximate surface area is 86.3 Å². The first-order valence-corrected chi connectivity index (χ1v) is 5.84. The Hall–Kier alpha value is -0.530. The van der Waals surface area contributed by atoms with Crippen molar-refractivity contribution in [2.75, 3.05) is 0 Å². The summed E-state index contributed by atoms with van der Waals surface area (Å²) in [7, 11) is 0. The minimum Gasteiger partial charge on any atom is -0.468 e. The molecule has 1 atom stereocenters. The molecule has 0 aromatic rings. The van der Waals surface area contributed by atoms with E-state index in [2.05, 4.69) is 0 Å². The van der Waals surface area contributed by atoms with Crippen molar-refractivity contribution in [3.05, 3.63) is 12.3 Å². The molecular formula is C12H21FO. The molecule has 2 heteroatoms. The number of alkyl halides is 1. The van der Waals surface area contributed by atoms with Crippen LogP contribution in [0.4, 0.5) is 4.39 Å². The number of halogens is 1. The average Bonchev–Trinajstić information content (AvgIpc) is 2.20. The van der Waals surface area contributed by atoms with Gasteiger partial charge in [-0.2, -0.15) is 0 Å². The smallest absolute Gasteiger partial charge is 0.237 e. The van der Waals surface area contributed by atoms with Crippen LogP contribution in [0.5, 0.6) is 0 Å². The molecular weight excluding hydrogens is 179 g/mol. The molecule has 14 heavy (non-hydrogen) atoms. The molecule has 0 aromatic carbocycles. The SMILES string of the molecule is FC1CCCCCCCCC/C=C\O1. The first kappa shape index (κ1) is 11.5. The molecule has 0 saturated heterocycles. The summed E-state index contributed by atoms with van der Waals surface area (Å²) in [5, 5.41) is 0. The third-order valence-corrected chi connectivity index (χ3v) is 2.62. The maximum absolute atomic E-state index is 13.0. The fraction of sp³-hybridized carbons (Fsp3) is 0.833. The largest absolute Gasteiger partial charge is 0.468 e. The van der Waals surface area contributed by atoms with Gasteiger partial charge in [0.1, 0.15) is 0 Å². The van der Waals surface area contributed by atoms with Crippen LogP contribution in [0.15, 0.2) is 12.3 Å². The van der Waals surface area contributed by atoms with Gasteiger partial charge in [0.2, 0.25) is 6.36 Å². The van der Waals surface area contributed by atoms with Gasteiger partial charge in [0.05, 0.1) is 6.26 Å². The minimum absolute atomic E-state index is 0.546. The molecule has 82 valence electrons. The summed E-state index contributed by atoms with van der Waals surface area (Å²) in [6, 6.07) is 0. The average molecular weight is 200 g/mol. The molecule has 0 spiro atoms. The minimum atomic E-state index is -1.09. The highest BCUT2D eigenvalue weighted by Crippen LogP contribution is 2.14. The number of hydrogen-bond donors (Lipinski definition) is 0. The highest BCUT2D eigenvalue weighted by Gasteiger charge is 2.04. The summed E-state index contributed by atoms with van der Waals surface area (Å²) in [5.41, 5.74) is 0. The summed E-state index contributed by atoms with van der Waals surface area (Å²) in [4.78, 5) is 0. The second kappa shape index (κ2) is 7.84. The molecule has 1 aliphatic rings. The van der Waals surface area contributed by atoms with Crippen molar-refractivity contribution in [3.8, 4) is 0 Å². The third-order valence-electron chi connectivity index (χ3n) is 2.62. The predicted molar refractivity (Wildman–Crippen MR) is 56.7 cm³/mol. The molecule has 0 amide bonds.